The number of rotatable bonds is 36. The lowest BCUT2D eigenvalue weighted by molar-refractivity contribution is -0.305. The summed E-state index contributed by atoms with van der Waals surface area (Å²) in [6.07, 6.45) is 43.2. The molecule has 0 bridgehead atoms. The Kier molecular flexibility index (Phi) is 35.7. The predicted molar refractivity (Wildman–Crippen MR) is 237 cm³/mol. The Morgan fingerprint density at radius 1 is 0.542 bits per heavy atom. The Balaban J connectivity index is 2.41. The van der Waals surface area contributed by atoms with Crippen molar-refractivity contribution < 1.29 is 49.0 Å². The van der Waals surface area contributed by atoms with Crippen LogP contribution in [-0.4, -0.2) is 89.0 Å². The zero-order valence-corrected chi connectivity index (χ0v) is 36.5. The highest BCUT2D eigenvalue weighted by molar-refractivity contribution is 5.70. The molecule has 0 amide bonds. The van der Waals surface area contributed by atoms with E-state index >= 15 is 0 Å². The number of carbonyl (C=O) groups is 2. The van der Waals surface area contributed by atoms with E-state index in [-0.39, 0.29) is 26.1 Å². The van der Waals surface area contributed by atoms with Gasteiger partial charge in [-0.05, 0) is 77.0 Å². The molecule has 1 rings (SSSR count). The first-order valence-electron chi connectivity index (χ1n) is 22.7. The minimum absolute atomic E-state index is 0.149. The van der Waals surface area contributed by atoms with E-state index in [1.54, 1.807) is 0 Å². The van der Waals surface area contributed by atoms with Gasteiger partial charge in [-0.2, -0.15) is 0 Å². The van der Waals surface area contributed by atoms with E-state index in [1.165, 1.54) is 57.8 Å². The van der Waals surface area contributed by atoms with E-state index in [4.69, 9.17) is 18.9 Å². The number of hydrogen-bond acceptors (Lipinski definition) is 10. The summed E-state index contributed by atoms with van der Waals surface area (Å²) in [6.45, 7) is 3.19. The van der Waals surface area contributed by atoms with E-state index in [9.17, 15) is 30.0 Å². The van der Waals surface area contributed by atoms with Gasteiger partial charge in [-0.3, -0.25) is 9.59 Å². The molecule has 4 N–H and O–H groups in total. The molecule has 0 radical (unpaired) electrons. The van der Waals surface area contributed by atoms with E-state index in [1.807, 2.05) is 6.08 Å². The maximum atomic E-state index is 12.8. The molecule has 0 aromatic carbocycles. The first-order chi connectivity index (χ1) is 28.8. The SMILES string of the molecule is CC/C=C/C/C=C/C/C=C/C/C=C/C/C=C/CCCC(=O)OC[C@@H](CO[C@H]1O[C@@H](CO)[C@@H](O)C(O)C1O)OC(=O)CCC/C=C/C/C=C/CCCCCCCCCCC. The van der Waals surface area contributed by atoms with Crippen molar-refractivity contribution in [2.45, 2.75) is 192 Å². The Labute approximate surface area is 356 Å². The molecule has 0 aromatic heterocycles. The van der Waals surface area contributed by atoms with Crippen molar-refractivity contribution in [3.05, 3.63) is 85.1 Å². The Bertz CT molecular complexity index is 1230. The third-order valence-electron chi connectivity index (χ3n) is 9.76. The standard InChI is InChI=1S/C49H80O10/c1-3-5-7-9-11-13-15-17-19-21-23-25-27-29-31-33-35-37-44(51)56-40-42(41-57-49-48(55)47(54)46(53)43(39-50)59-49)58-45(52)38-36-34-32-30-28-26-24-22-20-18-16-14-12-10-8-6-4-2/h5,7,11,13,17,19,23-26,29-32,42-43,46-50,53-55H,3-4,6,8-10,12,14-16,18,20-22,27-28,33-41H2,1-2H3/b7-5+,13-11+,19-17+,25-23+,26-24+,31-29+,32-30+/t42-,43-,46+,47?,48?,49-/m0/s1. The van der Waals surface area contributed by atoms with Crippen LogP contribution >= 0.6 is 0 Å². The average molecular weight is 829 g/mol. The van der Waals surface area contributed by atoms with Crippen molar-refractivity contribution in [3.63, 3.8) is 0 Å². The first-order valence-corrected chi connectivity index (χ1v) is 22.7. The van der Waals surface area contributed by atoms with Crippen molar-refractivity contribution in [2.24, 2.45) is 0 Å². The minimum Gasteiger partial charge on any atom is -0.462 e. The molecule has 6 atom stereocenters. The fourth-order valence-electron chi connectivity index (χ4n) is 6.20. The minimum atomic E-state index is -1.61. The molecule has 0 aliphatic carbocycles. The average Bonchev–Trinajstić information content (AvgIpc) is 3.23. The quantitative estimate of drug-likeness (QED) is 0.0273. The van der Waals surface area contributed by atoms with Crippen LogP contribution in [0.5, 0.6) is 0 Å². The number of aliphatic hydroxyl groups excluding tert-OH is 4. The van der Waals surface area contributed by atoms with Gasteiger partial charge in [-0.15, -0.1) is 0 Å². The Morgan fingerprint density at radius 3 is 1.51 bits per heavy atom. The molecule has 0 saturated carbocycles. The summed E-state index contributed by atoms with van der Waals surface area (Å²) >= 11 is 0. The van der Waals surface area contributed by atoms with Crippen LogP contribution in [-0.2, 0) is 28.5 Å². The van der Waals surface area contributed by atoms with Gasteiger partial charge in [0.15, 0.2) is 12.4 Å². The summed E-state index contributed by atoms with van der Waals surface area (Å²) < 4.78 is 22.0. The summed E-state index contributed by atoms with van der Waals surface area (Å²) in [7, 11) is 0. The summed E-state index contributed by atoms with van der Waals surface area (Å²) in [4.78, 5) is 25.3. The fraction of sp³-hybridized carbons (Fsp3) is 0.673. The Hall–Kier alpha value is -3.12. The van der Waals surface area contributed by atoms with Crippen LogP contribution in [0.3, 0.4) is 0 Å². The molecule has 10 nitrogen and oxygen atoms in total. The molecule has 1 heterocycles. The number of ether oxygens (including phenoxy) is 4. The zero-order chi connectivity index (χ0) is 43.0. The Morgan fingerprint density at radius 2 is 1.00 bits per heavy atom. The van der Waals surface area contributed by atoms with Crippen LogP contribution in [0, 0.1) is 0 Å². The summed E-state index contributed by atoms with van der Waals surface area (Å²) in [5.74, 6) is -0.935. The van der Waals surface area contributed by atoms with Gasteiger partial charge in [0.25, 0.3) is 0 Å². The topological polar surface area (TPSA) is 152 Å². The van der Waals surface area contributed by atoms with Gasteiger partial charge >= 0.3 is 11.9 Å². The smallest absolute Gasteiger partial charge is 0.306 e. The van der Waals surface area contributed by atoms with Crippen LogP contribution in [0.4, 0.5) is 0 Å². The number of carbonyl (C=O) groups excluding carboxylic acids is 2. The van der Waals surface area contributed by atoms with Crippen molar-refractivity contribution in [1.29, 1.82) is 0 Å². The number of hydrogen-bond donors (Lipinski definition) is 4. The van der Waals surface area contributed by atoms with E-state index in [0.29, 0.717) is 25.7 Å². The fourth-order valence-corrected chi connectivity index (χ4v) is 6.20. The second-order valence-electron chi connectivity index (χ2n) is 15.1. The van der Waals surface area contributed by atoms with Gasteiger partial charge in [-0.1, -0.05) is 150 Å². The normalized spacial score (nSPS) is 20.8. The molecule has 1 aliphatic rings. The third-order valence-corrected chi connectivity index (χ3v) is 9.76. The molecule has 2 unspecified atom stereocenters. The van der Waals surface area contributed by atoms with Gasteiger partial charge in [-0.25, -0.2) is 0 Å². The lowest BCUT2D eigenvalue weighted by atomic mass is 9.99. The van der Waals surface area contributed by atoms with E-state index < -0.39 is 55.4 Å². The van der Waals surface area contributed by atoms with Gasteiger partial charge in [0, 0.05) is 12.8 Å². The van der Waals surface area contributed by atoms with Gasteiger partial charge in [0.1, 0.15) is 31.0 Å². The molecule has 0 aromatic rings. The molecule has 59 heavy (non-hydrogen) atoms. The van der Waals surface area contributed by atoms with Crippen molar-refractivity contribution in [1.82, 2.24) is 0 Å². The number of aliphatic hydroxyl groups is 4. The number of unbranched alkanes of at least 4 members (excludes halogenated alkanes) is 11. The molecule has 1 saturated heterocycles. The van der Waals surface area contributed by atoms with E-state index in [0.717, 1.165) is 44.9 Å². The predicted octanol–water partition coefficient (Wildman–Crippen LogP) is 9.77. The highest BCUT2D eigenvalue weighted by Crippen LogP contribution is 2.22. The molecule has 336 valence electrons. The first kappa shape index (κ1) is 53.9. The van der Waals surface area contributed by atoms with Crippen LogP contribution in [0.15, 0.2) is 85.1 Å². The van der Waals surface area contributed by atoms with Gasteiger partial charge in [0.05, 0.1) is 13.2 Å². The van der Waals surface area contributed by atoms with Crippen molar-refractivity contribution in [2.75, 3.05) is 19.8 Å². The maximum absolute atomic E-state index is 12.8. The monoisotopic (exact) mass is 829 g/mol. The van der Waals surface area contributed by atoms with Crippen molar-refractivity contribution >= 4 is 11.9 Å². The summed E-state index contributed by atoms with van der Waals surface area (Å²) in [5, 5.41) is 40.1. The number of allylic oxidation sites excluding steroid dienone is 14. The lowest BCUT2D eigenvalue weighted by Gasteiger charge is -2.39. The third kappa shape index (κ3) is 30.5. The van der Waals surface area contributed by atoms with Gasteiger partial charge < -0.3 is 39.4 Å². The summed E-state index contributed by atoms with van der Waals surface area (Å²) in [6, 6.07) is 0. The molecular weight excluding hydrogens is 749 g/mol. The molecule has 1 fully saturated rings. The summed E-state index contributed by atoms with van der Waals surface area (Å²) in [5.41, 5.74) is 0. The second kappa shape index (κ2) is 39.0. The van der Waals surface area contributed by atoms with Gasteiger partial charge in [0.2, 0.25) is 0 Å². The molecular formula is C49H80O10. The van der Waals surface area contributed by atoms with Crippen molar-refractivity contribution in [3.8, 4) is 0 Å². The molecule has 10 heteroatoms. The van der Waals surface area contributed by atoms with Crippen LogP contribution in [0.2, 0.25) is 0 Å². The van der Waals surface area contributed by atoms with Crippen LogP contribution in [0.1, 0.15) is 155 Å². The molecule has 1 aliphatic heterocycles. The largest absolute Gasteiger partial charge is 0.462 e. The maximum Gasteiger partial charge on any atom is 0.306 e. The lowest BCUT2D eigenvalue weighted by Crippen LogP contribution is -2.59. The second-order valence-corrected chi connectivity index (χ2v) is 15.1. The van der Waals surface area contributed by atoms with Crippen LogP contribution < -0.4 is 0 Å². The zero-order valence-electron chi connectivity index (χ0n) is 36.5. The highest BCUT2D eigenvalue weighted by Gasteiger charge is 2.44. The highest BCUT2D eigenvalue weighted by atomic mass is 16.7. The van der Waals surface area contributed by atoms with Crippen LogP contribution in [0.25, 0.3) is 0 Å². The molecule has 0 spiro atoms. The number of esters is 2. The van der Waals surface area contributed by atoms with E-state index in [2.05, 4.69) is 92.8 Å².